The highest BCUT2D eigenvalue weighted by Crippen LogP contribution is 2.40. The van der Waals surface area contributed by atoms with Gasteiger partial charge >= 0.3 is 0 Å². The highest BCUT2D eigenvalue weighted by atomic mass is 16.5. The van der Waals surface area contributed by atoms with Gasteiger partial charge in [-0.25, -0.2) is 0 Å². The van der Waals surface area contributed by atoms with Gasteiger partial charge in [0.25, 0.3) is 0 Å². The Morgan fingerprint density at radius 2 is 1.07 bits per heavy atom. The molecule has 0 spiro atoms. The molecule has 2 fully saturated rings. The summed E-state index contributed by atoms with van der Waals surface area (Å²) in [4.78, 5) is 27.3. The Morgan fingerprint density at radius 1 is 0.759 bits per heavy atom. The maximum Gasteiger partial charge on any atom is 0.211 e. The van der Waals surface area contributed by atoms with E-state index in [1.807, 2.05) is 55.4 Å². The topological polar surface area (TPSA) is 87.2 Å². The van der Waals surface area contributed by atoms with Gasteiger partial charge in [-0.1, -0.05) is 0 Å². The summed E-state index contributed by atoms with van der Waals surface area (Å²) < 4.78 is 0. The van der Waals surface area contributed by atoms with Crippen molar-refractivity contribution in [2.24, 2.45) is 0 Å². The highest BCUT2D eigenvalue weighted by Gasteiger charge is 2.49. The van der Waals surface area contributed by atoms with Crippen molar-refractivity contribution in [1.29, 1.82) is 0 Å². The van der Waals surface area contributed by atoms with Gasteiger partial charge in [-0.3, -0.25) is 9.59 Å². The predicted molar refractivity (Wildman–Crippen MR) is 109 cm³/mol. The van der Waals surface area contributed by atoms with E-state index in [-0.39, 0.29) is 18.8 Å². The van der Waals surface area contributed by atoms with Crippen molar-refractivity contribution >= 4 is 12.8 Å². The number of nitrogens with zero attached hydrogens (tertiary/aromatic N) is 4. The van der Waals surface area contributed by atoms with Crippen LogP contribution in [-0.4, -0.2) is 78.9 Å². The minimum atomic E-state index is -0.591. The number of hydrogen-bond acceptors (Lipinski definition) is 5. The van der Waals surface area contributed by atoms with Crippen molar-refractivity contribution in [1.82, 2.24) is 19.9 Å². The predicted octanol–water partition coefficient (Wildman–Crippen LogP) is 2.64. The van der Waals surface area contributed by atoms with Gasteiger partial charge in [-0.05, 0) is 81.1 Å². The van der Waals surface area contributed by atoms with E-state index in [4.69, 9.17) is 0 Å². The van der Waals surface area contributed by atoms with E-state index in [9.17, 15) is 20.0 Å². The summed E-state index contributed by atoms with van der Waals surface area (Å²) in [6, 6.07) is -0.215. The number of rotatable bonds is 6. The second-order valence-electron chi connectivity index (χ2n) is 11.4. The zero-order valence-electron chi connectivity index (χ0n) is 19.3. The zero-order chi connectivity index (χ0) is 22.4. The first-order valence-corrected chi connectivity index (χ1v) is 10.5. The Bertz CT molecular complexity index is 532. The van der Waals surface area contributed by atoms with Crippen LogP contribution in [-0.2, 0) is 14.8 Å². The SMILES string of the molecule is CC1(C)CC(N(C=O)CN(C=O)C2CC(C)(C)N(O)C(C)(C)C2)CC(C)(C)N1[O]. The van der Waals surface area contributed by atoms with E-state index in [1.165, 1.54) is 5.06 Å². The number of hydroxylamine groups is 4. The minimum absolute atomic E-state index is 0.0935. The van der Waals surface area contributed by atoms with Gasteiger partial charge in [0, 0.05) is 34.2 Å². The minimum Gasteiger partial charge on any atom is -0.324 e. The third-order valence-electron chi connectivity index (χ3n) is 6.72. The molecule has 0 unspecified atom stereocenters. The van der Waals surface area contributed by atoms with Gasteiger partial charge in [0.1, 0.15) is 0 Å². The van der Waals surface area contributed by atoms with Crippen LogP contribution in [0.2, 0.25) is 0 Å². The Morgan fingerprint density at radius 3 is 1.38 bits per heavy atom. The van der Waals surface area contributed by atoms with Crippen molar-refractivity contribution in [3.63, 3.8) is 0 Å². The van der Waals surface area contributed by atoms with Crippen LogP contribution in [0.5, 0.6) is 0 Å². The summed E-state index contributed by atoms with van der Waals surface area (Å²) in [7, 11) is 0. The molecule has 2 rings (SSSR count). The quantitative estimate of drug-likeness (QED) is 0.536. The maximum atomic E-state index is 12.6. The largest absolute Gasteiger partial charge is 0.324 e. The lowest BCUT2D eigenvalue weighted by Crippen LogP contribution is -2.65. The van der Waals surface area contributed by atoms with Gasteiger partial charge in [0.15, 0.2) is 0 Å². The standard InChI is InChI=1S/C21H39N4O4/c1-18(2)9-16(10-19(3,4)24(18)28)22(14-26)13-23(15-27)17-11-20(5,6)25(29)21(7,8)12-17/h14-17,28H,9-13H2,1-8H3. The van der Waals surface area contributed by atoms with Crippen LogP contribution < -0.4 is 0 Å². The molecule has 0 aliphatic carbocycles. The number of carbonyl (C=O) groups is 2. The van der Waals surface area contributed by atoms with Crippen molar-refractivity contribution in [2.75, 3.05) is 6.67 Å². The molecule has 0 aromatic rings. The molecule has 0 aromatic carbocycles. The molecule has 0 saturated carbocycles. The van der Waals surface area contributed by atoms with Crippen molar-refractivity contribution in [2.45, 2.75) is 115 Å². The Labute approximate surface area is 175 Å². The Balaban J connectivity index is 2.20. The molecule has 8 heteroatoms. The van der Waals surface area contributed by atoms with Gasteiger partial charge in [0.05, 0.1) is 6.67 Å². The number of amides is 2. The van der Waals surface area contributed by atoms with Crippen LogP contribution in [0.25, 0.3) is 0 Å². The molecule has 2 amide bonds. The van der Waals surface area contributed by atoms with E-state index >= 15 is 0 Å². The summed E-state index contributed by atoms with van der Waals surface area (Å²) in [6.07, 6.45) is 3.92. The number of carbonyl (C=O) groups excluding carboxylic acids is 2. The monoisotopic (exact) mass is 411 g/mol. The van der Waals surface area contributed by atoms with Crippen LogP contribution in [0.15, 0.2) is 0 Å². The second-order valence-corrected chi connectivity index (χ2v) is 11.4. The van der Waals surface area contributed by atoms with Crippen molar-refractivity contribution in [3.05, 3.63) is 0 Å². The van der Waals surface area contributed by atoms with Gasteiger partial charge in [0.2, 0.25) is 12.8 Å². The fraction of sp³-hybridized carbons (Fsp3) is 0.905. The maximum absolute atomic E-state index is 12.6. The lowest BCUT2D eigenvalue weighted by Gasteiger charge is -2.54. The lowest BCUT2D eigenvalue weighted by molar-refractivity contribution is -0.294. The number of hydrogen-bond donors (Lipinski definition) is 1. The third kappa shape index (κ3) is 4.76. The summed E-state index contributed by atoms with van der Waals surface area (Å²) in [5.74, 6) is 0. The Hall–Kier alpha value is -1.22. The summed E-state index contributed by atoms with van der Waals surface area (Å²) >= 11 is 0. The first kappa shape index (κ1) is 24.1. The van der Waals surface area contributed by atoms with E-state index in [0.29, 0.717) is 25.7 Å². The molecule has 1 N–H and O–H groups in total. The average molecular weight is 412 g/mol. The molecular formula is C21H39N4O4. The van der Waals surface area contributed by atoms with E-state index < -0.39 is 22.2 Å². The van der Waals surface area contributed by atoms with Crippen LogP contribution in [0.3, 0.4) is 0 Å². The normalized spacial score (nSPS) is 27.4. The van der Waals surface area contributed by atoms with Crippen LogP contribution in [0.4, 0.5) is 0 Å². The molecule has 0 atom stereocenters. The van der Waals surface area contributed by atoms with Crippen molar-refractivity contribution < 1.29 is 20.0 Å². The molecule has 2 aliphatic heterocycles. The van der Waals surface area contributed by atoms with Crippen molar-refractivity contribution in [3.8, 4) is 0 Å². The van der Waals surface area contributed by atoms with E-state index in [2.05, 4.69) is 0 Å². The molecule has 0 bridgehead atoms. The average Bonchev–Trinajstić information content (AvgIpc) is 2.57. The summed E-state index contributed by atoms with van der Waals surface area (Å²) in [6.45, 7) is 15.6. The second kappa shape index (κ2) is 7.80. The molecular weight excluding hydrogens is 372 g/mol. The third-order valence-corrected chi connectivity index (χ3v) is 6.72. The van der Waals surface area contributed by atoms with Crippen LogP contribution >= 0.6 is 0 Å². The number of piperidine rings is 2. The molecule has 2 heterocycles. The first-order valence-electron chi connectivity index (χ1n) is 10.5. The van der Waals surface area contributed by atoms with E-state index in [1.54, 1.807) is 9.80 Å². The molecule has 0 aromatic heterocycles. The van der Waals surface area contributed by atoms with Gasteiger partial charge < -0.3 is 15.0 Å². The fourth-order valence-electron chi connectivity index (χ4n) is 5.56. The summed E-state index contributed by atoms with van der Waals surface area (Å²) in [5.41, 5.74) is -2.16. The fourth-order valence-corrected chi connectivity index (χ4v) is 5.56. The molecule has 1 radical (unpaired) electrons. The smallest absolute Gasteiger partial charge is 0.211 e. The lowest BCUT2D eigenvalue weighted by atomic mass is 9.78. The van der Waals surface area contributed by atoms with Gasteiger partial charge in [-0.15, -0.1) is 10.3 Å². The van der Waals surface area contributed by atoms with Gasteiger partial charge in [-0.2, -0.15) is 5.06 Å². The molecule has 2 aliphatic rings. The van der Waals surface area contributed by atoms with Crippen LogP contribution in [0, 0.1) is 0 Å². The molecule has 167 valence electrons. The first-order chi connectivity index (χ1) is 13.1. The van der Waals surface area contributed by atoms with E-state index in [0.717, 1.165) is 17.9 Å². The Kier molecular flexibility index (Phi) is 6.47. The zero-order valence-corrected chi connectivity index (χ0v) is 19.3. The highest BCUT2D eigenvalue weighted by molar-refractivity contribution is 5.52. The molecule has 8 nitrogen and oxygen atoms in total. The van der Waals surface area contributed by atoms with Crippen LogP contribution in [0.1, 0.15) is 81.1 Å². The summed E-state index contributed by atoms with van der Waals surface area (Å²) in [5, 5.41) is 25.7. The molecule has 29 heavy (non-hydrogen) atoms. The molecule has 2 saturated heterocycles.